The van der Waals surface area contributed by atoms with Gasteiger partial charge in [0.05, 0.1) is 5.41 Å². The number of benzene rings is 1. The highest BCUT2D eigenvalue weighted by Crippen LogP contribution is 2.41. The Kier molecular flexibility index (Phi) is 7.35. The van der Waals surface area contributed by atoms with Crippen LogP contribution in [0.1, 0.15) is 32.3 Å². The van der Waals surface area contributed by atoms with Crippen molar-refractivity contribution >= 4 is 17.7 Å². The lowest BCUT2D eigenvalue weighted by Gasteiger charge is -2.43. The number of imide groups is 1. The molecule has 3 amide bonds. The van der Waals surface area contributed by atoms with E-state index in [9.17, 15) is 18.8 Å². The second-order valence-electron chi connectivity index (χ2n) is 9.73. The van der Waals surface area contributed by atoms with Gasteiger partial charge in [-0.25, -0.2) is 4.39 Å². The monoisotopic (exact) mass is 446 g/mol. The molecule has 0 N–H and O–H groups in total. The predicted molar refractivity (Wildman–Crippen MR) is 120 cm³/mol. The van der Waals surface area contributed by atoms with E-state index >= 15 is 0 Å². The third kappa shape index (κ3) is 4.71. The molecule has 0 aromatic heterocycles. The SMILES string of the molecule is CC(C)[C@H]1CN(C)CCN1C(=O)C[C@@]1(c2ccccc2F)CC(=O)N(CCN(C)C)C1=O. The van der Waals surface area contributed by atoms with E-state index in [-0.39, 0.29) is 48.7 Å². The Hall–Kier alpha value is -2.32. The smallest absolute Gasteiger partial charge is 0.241 e. The van der Waals surface area contributed by atoms with Gasteiger partial charge in [-0.05, 0) is 33.1 Å². The van der Waals surface area contributed by atoms with Crippen LogP contribution in [-0.2, 0) is 19.8 Å². The molecule has 0 spiro atoms. The van der Waals surface area contributed by atoms with Crippen molar-refractivity contribution in [1.29, 1.82) is 0 Å². The average Bonchev–Trinajstić information content (AvgIpc) is 2.96. The normalized spacial score (nSPS) is 24.8. The van der Waals surface area contributed by atoms with E-state index in [1.54, 1.807) is 12.1 Å². The molecule has 8 heteroatoms. The third-order valence-electron chi connectivity index (χ3n) is 6.73. The highest BCUT2D eigenvalue weighted by atomic mass is 19.1. The minimum atomic E-state index is -1.50. The number of likely N-dealkylation sites (tertiary alicyclic amines) is 1. The summed E-state index contributed by atoms with van der Waals surface area (Å²) in [6, 6.07) is 6.03. The van der Waals surface area contributed by atoms with Crippen LogP contribution in [0, 0.1) is 11.7 Å². The molecule has 7 nitrogen and oxygen atoms in total. The fourth-order valence-electron chi connectivity index (χ4n) is 4.81. The molecule has 3 rings (SSSR count). The fourth-order valence-corrected chi connectivity index (χ4v) is 4.81. The molecule has 2 aliphatic rings. The van der Waals surface area contributed by atoms with Crippen LogP contribution in [0.25, 0.3) is 0 Å². The number of nitrogens with zero attached hydrogens (tertiary/aromatic N) is 4. The summed E-state index contributed by atoms with van der Waals surface area (Å²) in [4.78, 5) is 47.2. The molecule has 0 bridgehead atoms. The molecule has 1 aromatic rings. The Labute approximate surface area is 190 Å². The minimum Gasteiger partial charge on any atom is -0.337 e. The average molecular weight is 447 g/mol. The molecule has 0 unspecified atom stereocenters. The van der Waals surface area contributed by atoms with E-state index in [0.717, 1.165) is 13.1 Å². The molecule has 2 heterocycles. The van der Waals surface area contributed by atoms with Crippen molar-refractivity contribution in [2.24, 2.45) is 5.92 Å². The van der Waals surface area contributed by atoms with Gasteiger partial charge in [0.25, 0.3) is 0 Å². The van der Waals surface area contributed by atoms with Gasteiger partial charge in [-0.3, -0.25) is 19.3 Å². The number of piperazine rings is 1. The minimum absolute atomic E-state index is 0.0102. The van der Waals surface area contributed by atoms with Crippen molar-refractivity contribution in [2.45, 2.75) is 38.1 Å². The first kappa shape index (κ1) is 24.3. The molecule has 2 atom stereocenters. The van der Waals surface area contributed by atoms with Crippen molar-refractivity contribution < 1.29 is 18.8 Å². The number of carbonyl (C=O) groups excluding carboxylic acids is 3. The van der Waals surface area contributed by atoms with Crippen molar-refractivity contribution in [1.82, 2.24) is 19.6 Å². The first-order chi connectivity index (χ1) is 15.1. The second kappa shape index (κ2) is 9.67. The van der Waals surface area contributed by atoms with Crippen molar-refractivity contribution in [2.75, 3.05) is 53.9 Å². The molecular formula is C24H35FN4O3. The lowest BCUT2D eigenvalue weighted by molar-refractivity contribution is -0.145. The second-order valence-corrected chi connectivity index (χ2v) is 9.73. The summed E-state index contributed by atoms with van der Waals surface area (Å²) in [7, 11) is 5.75. The van der Waals surface area contributed by atoms with Crippen LogP contribution in [0.4, 0.5) is 4.39 Å². The number of rotatable bonds is 7. The van der Waals surface area contributed by atoms with Gasteiger partial charge in [0, 0.05) is 57.2 Å². The summed E-state index contributed by atoms with van der Waals surface area (Å²) >= 11 is 0. The zero-order valence-corrected chi connectivity index (χ0v) is 19.8. The van der Waals surface area contributed by atoms with Crippen molar-refractivity contribution in [3.05, 3.63) is 35.6 Å². The van der Waals surface area contributed by atoms with Crippen LogP contribution in [0.3, 0.4) is 0 Å². The maximum absolute atomic E-state index is 15.0. The number of likely N-dealkylation sites (N-methyl/N-ethyl adjacent to an activating group) is 2. The molecule has 1 aromatic carbocycles. The molecule has 2 saturated heterocycles. The number of hydrogen-bond acceptors (Lipinski definition) is 5. The molecular weight excluding hydrogens is 411 g/mol. The summed E-state index contributed by atoms with van der Waals surface area (Å²) in [5.74, 6) is -1.35. The number of amides is 3. The lowest BCUT2D eigenvalue weighted by atomic mass is 9.75. The predicted octanol–water partition coefficient (Wildman–Crippen LogP) is 1.57. The standard InChI is InChI=1S/C24H35FN4O3/c1-17(2)20-16-27(5)11-13-28(20)21(30)14-24(18-8-6-7-9-19(18)25)15-22(31)29(23(24)32)12-10-26(3)4/h6-9,17,20H,10-16H2,1-5H3/t20-,24+/m1/s1. The third-order valence-corrected chi connectivity index (χ3v) is 6.73. The molecule has 2 fully saturated rings. The Bertz CT molecular complexity index is 875. The van der Waals surface area contributed by atoms with Gasteiger partial charge in [-0.2, -0.15) is 0 Å². The molecule has 0 radical (unpaired) electrons. The van der Waals surface area contributed by atoms with Gasteiger partial charge in [-0.1, -0.05) is 32.0 Å². The zero-order chi connectivity index (χ0) is 23.6. The first-order valence-electron chi connectivity index (χ1n) is 11.3. The van der Waals surface area contributed by atoms with E-state index in [1.807, 2.05) is 30.9 Å². The first-order valence-corrected chi connectivity index (χ1v) is 11.3. The van der Waals surface area contributed by atoms with E-state index in [2.05, 4.69) is 18.7 Å². The summed E-state index contributed by atoms with van der Waals surface area (Å²) in [6.45, 7) is 6.91. The lowest BCUT2D eigenvalue weighted by Crippen LogP contribution is -2.57. The van der Waals surface area contributed by atoms with Gasteiger partial charge < -0.3 is 14.7 Å². The van der Waals surface area contributed by atoms with Gasteiger partial charge in [0.1, 0.15) is 5.82 Å². The molecule has 32 heavy (non-hydrogen) atoms. The largest absolute Gasteiger partial charge is 0.337 e. The van der Waals surface area contributed by atoms with Crippen LogP contribution in [0.15, 0.2) is 24.3 Å². The Balaban J connectivity index is 1.96. The Morgan fingerprint density at radius 3 is 2.53 bits per heavy atom. The van der Waals surface area contributed by atoms with Crippen LogP contribution < -0.4 is 0 Å². The summed E-state index contributed by atoms with van der Waals surface area (Å²) < 4.78 is 15.0. The fraction of sp³-hybridized carbons (Fsp3) is 0.625. The highest BCUT2D eigenvalue weighted by molar-refractivity contribution is 6.10. The van der Waals surface area contributed by atoms with Crippen molar-refractivity contribution in [3.63, 3.8) is 0 Å². The van der Waals surface area contributed by atoms with Gasteiger partial charge in [-0.15, -0.1) is 0 Å². The van der Waals surface area contributed by atoms with Crippen LogP contribution in [0.2, 0.25) is 0 Å². The Morgan fingerprint density at radius 2 is 1.91 bits per heavy atom. The number of halogens is 1. The van der Waals surface area contributed by atoms with E-state index < -0.39 is 17.1 Å². The van der Waals surface area contributed by atoms with Crippen LogP contribution in [0.5, 0.6) is 0 Å². The maximum Gasteiger partial charge on any atom is 0.241 e. The van der Waals surface area contributed by atoms with Gasteiger partial charge in [0.15, 0.2) is 0 Å². The van der Waals surface area contributed by atoms with E-state index in [0.29, 0.717) is 13.1 Å². The molecule has 0 aliphatic carbocycles. The topological polar surface area (TPSA) is 64.2 Å². The van der Waals surface area contributed by atoms with E-state index in [4.69, 9.17) is 0 Å². The van der Waals surface area contributed by atoms with E-state index in [1.165, 1.54) is 17.0 Å². The highest BCUT2D eigenvalue weighted by Gasteiger charge is 2.55. The Morgan fingerprint density at radius 1 is 1.22 bits per heavy atom. The van der Waals surface area contributed by atoms with Gasteiger partial charge in [0.2, 0.25) is 17.7 Å². The van der Waals surface area contributed by atoms with Crippen molar-refractivity contribution in [3.8, 4) is 0 Å². The number of hydrogen-bond donors (Lipinski definition) is 0. The molecule has 2 aliphatic heterocycles. The maximum atomic E-state index is 15.0. The zero-order valence-electron chi connectivity index (χ0n) is 19.8. The summed E-state index contributed by atoms with van der Waals surface area (Å²) in [6.07, 6.45) is -0.393. The van der Waals surface area contributed by atoms with Gasteiger partial charge >= 0.3 is 0 Å². The summed E-state index contributed by atoms with van der Waals surface area (Å²) in [5, 5.41) is 0. The number of carbonyl (C=O) groups is 3. The molecule has 0 saturated carbocycles. The summed E-state index contributed by atoms with van der Waals surface area (Å²) in [5.41, 5.74) is -1.37. The van der Waals surface area contributed by atoms with Crippen LogP contribution >= 0.6 is 0 Å². The molecule has 176 valence electrons. The van der Waals surface area contributed by atoms with Crippen LogP contribution in [-0.4, -0.2) is 97.2 Å². The quantitative estimate of drug-likeness (QED) is 0.595.